The number of nitrogens with one attached hydrogen (secondary N) is 1. The van der Waals surface area contributed by atoms with E-state index in [1.54, 1.807) is 30.4 Å². The maximum atomic E-state index is 12.7. The molecule has 2 amide bonds. The minimum atomic E-state index is -0.538. The molecule has 2 aromatic rings. The van der Waals surface area contributed by atoms with E-state index in [1.807, 2.05) is 32.9 Å². The van der Waals surface area contributed by atoms with Crippen LogP contribution >= 0.6 is 0 Å². The van der Waals surface area contributed by atoms with Crippen LogP contribution in [-0.4, -0.2) is 56.3 Å². The third-order valence-electron chi connectivity index (χ3n) is 4.46. The molecule has 2 aromatic heterocycles. The first-order valence-corrected chi connectivity index (χ1v) is 9.48. The summed E-state index contributed by atoms with van der Waals surface area (Å²) in [6, 6.07) is 3.35. The lowest BCUT2D eigenvalue weighted by Crippen LogP contribution is -2.51. The molecule has 0 aromatic carbocycles. The number of carbonyl (C=O) groups is 2. The molecule has 3 rings (SSSR count). The number of amides is 2. The molecule has 0 radical (unpaired) electrons. The van der Waals surface area contributed by atoms with E-state index in [0.29, 0.717) is 24.6 Å². The fourth-order valence-electron chi connectivity index (χ4n) is 3.16. The van der Waals surface area contributed by atoms with Crippen molar-refractivity contribution in [3.63, 3.8) is 0 Å². The number of carbonyl (C=O) groups excluding carboxylic acids is 2. The van der Waals surface area contributed by atoms with E-state index in [-0.39, 0.29) is 18.2 Å². The first kappa shape index (κ1) is 19.9. The highest BCUT2D eigenvalue weighted by Crippen LogP contribution is 2.18. The lowest BCUT2D eigenvalue weighted by molar-refractivity contribution is 0.0191. The normalized spacial score (nSPS) is 17.3. The first-order valence-electron chi connectivity index (χ1n) is 9.48. The summed E-state index contributed by atoms with van der Waals surface area (Å²) in [4.78, 5) is 35.2. The van der Waals surface area contributed by atoms with Crippen molar-refractivity contribution in [2.75, 3.05) is 13.1 Å². The second-order valence-corrected chi connectivity index (χ2v) is 8.00. The minimum absolute atomic E-state index is 0.127. The van der Waals surface area contributed by atoms with Gasteiger partial charge in [0.25, 0.3) is 0 Å². The Hall–Kier alpha value is -2.90. The van der Waals surface area contributed by atoms with Gasteiger partial charge in [0, 0.05) is 43.3 Å². The number of nitrogens with zero attached hydrogens (tertiary/aromatic N) is 4. The van der Waals surface area contributed by atoms with Crippen LogP contribution in [0.4, 0.5) is 9.59 Å². The number of piperidine rings is 1. The van der Waals surface area contributed by atoms with Gasteiger partial charge in [0.15, 0.2) is 0 Å². The number of aryl methyl sites for hydroxylation is 1. The Bertz CT molecular complexity index is 841. The summed E-state index contributed by atoms with van der Waals surface area (Å²) in [7, 11) is 0. The van der Waals surface area contributed by atoms with Gasteiger partial charge in [-0.25, -0.2) is 14.6 Å². The second kappa shape index (κ2) is 8.00. The molecule has 1 atom stereocenters. The lowest BCUT2D eigenvalue weighted by atomic mass is 10.1. The number of ether oxygens (including phenoxy) is 1. The zero-order valence-corrected chi connectivity index (χ0v) is 16.8. The molecule has 3 heterocycles. The van der Waals surface area contributed by atoms with E-state index in [2.05, 4.69) is 15.3 Å². The van der Waals surface area contributed by atoms with Crippen molar-refractivity contribution in [3.8, 4) is 11.3 Å². The molecule has 150 valence electrons. The molecule has 0 saturated carbocycles. The van der Waals surface area contributed by atoms with Crippen LogP contribution in [0.25, 0.3) is 11.3 Å². The van der Waals surface area contributed by atoms with Gasteiger partial charge in [0.1, 0.15) is 11.4 Å². The maximum absolute atomic E-state index is 12.7. The van der Waals surface area contributed by atoms with E-state index in [4.69, 9.17) is 4.74 Å². The SMILES string of the molecule is Cc1nc(-c2cccnc2)cn1C(=O)NC1CCCN(C(=O)OC(C)(C)C)C1. The summed E-state index contributed by atoms with van der Waals surface area (Å²) >= 11 is 0. The van der Waals surface area contributed by atoms with E-state index in [0.717, 1.165) is 18.4 Å². The molecular formula is C20H27N5O3. The van der Waals surface area contributed by atoms with Gasteiger partial charge in [-0.15, -0.1) is 0 Å². The number of rotatable bonds is 2. The van der Waals surface area contributed by atoms with Crippen LogP contribution in [0.5, 0.6) is 0 Å². The smallest absolute Gasteiger partial charge is 0.410 e. The summed E-state index contributed by atoms with van der Waals surface area (Å²) in [5.74, 6) is 0.594. The Kier molecular flexibility index (Phi) is 5.67. The van der Waals surface area contributed by atoms with Crippen LogP contribution in [0.2, 0.25) is 0 Å². The van der Waals surface area contributed by atoms with Crippen LogP contribution in [0.15, 0.2) is 30.7 Å². The molecule has 8 nitrogen and oxygen atoms in total. The fourth-order valence-corrected chi connectivity index (χ4v) is 3.16. The number of likely N-dealkylation sites (tertiary alicyclic amines) is 1. The van der Waals surface area contributed by atoms with Gasteiger partial charge < -0.3 is 15.0 Å². The van der Waals surface area contributed by atoms with Gasteiger partial charge in [-0.05, 0) is 52.7 Å². The van der Waals surface area contributed by atoms with Gasteiger partial charge in [0.2, 0.25) is 0 Å². The van der Waals surface area contributed by atoms with Crippen molar-refractivity contribution in [2.45, 2.75) is 52.2 Å². The summed E-state index contributed by atoms with van der Waals surface area (Å²) < 4.78 is 6.93. The Morgan fingerprint density at radius 1 is 1.32 bits per heavy atom. The molecule has 1 fully saturated rings. The average molecular weight is 385 g/mol. The third kappa shape index (κ3) is 4.88. The van der Waals surface area contributed by atoms with Crippen LogP contribution in [0, 0.1) is 6.92 Å². The van der Waals surface area contributed by atoms with Crippen molar-refractivity contribution in [2.24, 2.45) is 0 Å². The standard InChI is InChI=1S/C20H27N5O3/c1-14-22-17(15-7-5-9-21-11-15)13-25(14)18(26)23-16-8-6-10-24(12-16)19(27)28-20(2,3)4/h5,7,9,11,13,16H,6,8,10,12H2,1-4H3,(H,23,26). The molecule has 1 saturated heterocycles. The zero-order valence-electron chi connectivity index (χ0n) is 16.8. The van der Waals surface area contributed by atoms with E-state index < -0.39 is 5.60 Å². The van der Waals surface area contributed by atoms with Gasteiger partial charge in [-0.3, -0.25) is 9.55 Å². The van der Waals surface area contributed by atoms with Crippen LogP contribution < -0.4 is 5.32 Å². The summed E-state index contributed by atoms with van der Waals surface area (Å²) in [5, 5.41) is 3.01. The monoisotopic (exact) mass is 385 g/mol. The molecule has 8 heteroatoms. The third-order valence-corrected chi connectivity index (χ3v) is 4.46. The van der Waals surface area contributed by atoms with Gasteiger partial charge >= 0.3 is 12.1 Å². The van der Waals surface area contributed by atoms with Crippen molar-refractivity contribution < 1.29 is 14.3 Å². The topological polar surface area (TPSA) is 89.4 Å². The number of aromatic nitrogens is 3. The number of hydrogen-bond donors (Lipinski definition) is 1. The molecule has 28 heavy (non-hydrogen) atoms. The number of pyridine rings is 1. The molecule has 0 aliphatic carbocycles. The predicted octanol–water partition coefficient (Wildman–Crippen LogP) is 3.21. The van der Waals surface area contributed by atoms with Crippen LogP contribution in [0.1, 0.15) is 39.4 Å². The average Bonchev–Trinajstić information content (AvgIpc) is 3.03. The van der Waals surface area contributed by atoms with Crippen LogP contribution in [0.3, 0.4) is 0 Å². The Balaban J connectivity index is 1.65. The van der Waals surface area contributed by atoms with Crippen molar-refractivity contribution in [1.29, 1.82) is 0 Å². The number of imidazole rings is 1. The van der Waals surface area contributed by atoms with E-state index in [1.165, 1.54) is 4.57 Å². The highest BCUT2D eigenvalue weighted by Gasteiger charge is 2.28. The molecule has 1 aliphatic rings. The maximum Gasteiger partial charge on any atom is 0.410 e. The second-order valence-electron chi connectivity index (χ2n) is 8.00. The van der Waals surface area contributed by atoms with Crippen molar-refractivity contribution in [1.82, 2.24) is 24.8 Å². The largest absolute Gasteiger partial charge is 0.444 e. The quantitative estimate of drug-likeness (QED) is 0.857. The summed E-state index contributed by atoms with van der Waals surface area (Å²) in [6.07, 6.45) is 6.39. The summed E-state index contributed by atoms with van der Waals surface area (Å²) in [5.41, 5.74) is 1.01. The van der Waals surface area contributed by atoms with Crippen molar-refractivity contribution in [3.05, 3.63) is 36.5 Å². The van der Waals surface area contributed by atoms with Gasteiger partial charge in [0.05, 0.1) is 5.69 Å². The molecule has 1 unspecified atom stereocenters. The molecular weight excluding hydrogens is 358 g/mol. The molecule has 1 aliphatic heterocycles. The van der Waals surface area contributed by atoms with Crippen LogP contribution in [-0.2, 0) is 4.74 Å². The molecule has 0 bridgehead atoms. The molecule has 1 N–H and O–H groups in total. The highest BCUT2D eigenvalue weighted by molar-refractivity contribution is 5.79. The first-order chi connectivity index (χ1) is 13.2. The molecule has 0 spiro atoms. The zero-order chi connectivity index (χ0) is 20.3. The summed E-state index contributed by atoms with van der Waals surface area (Å²) in [6.45, 7) is 8.38. The van der Waals surface area contributed by atoms with E-state index in [9.17, 15) is 9.59 Å². The predicted molar refractivity (Wildman–Crippen MR) is 105 cm³/mol. The van der Waals surface area contributed by atoms with Gasteiger partial charge in [-0.2, -0.15) is 0 Å². The van der Waals surface area contributed by atoms with Crippen molar-refractivity contribution >= 4 is 12.1 Å². The number of hydrogen-bond acceptors (Lipinski definition) is 5. The fraction of sp³-hybridized carbons (Fsp3) is 0.500. The lowest BCUT2D eigenvalue weighted by Gasteiger charge is -2.34. The van der Waals surface area contributed by atoms with E-state index >= 15 is 0 Å². The van der Waals surface area contributed by atoms with Gasteiger partial charge in [-0.1, -0.05) is 0 Å². The minimum Gasteiger partial charge on any atom is -0.444 e. The Morgan fingerprint density at radius 2 is 2.11 bits per heavy atom. The Morgan fingerprint density at radius 3 is 2.79 bits per heavy atom. The Labute approximate surface area is 164 Å². The highest BCUT2D eigenvalue weighted by atomic mass is 16.6.